The van der Waals surface area contributed by atoms with Gasteiger partial charge in [0.05, 0.1) is 5.69 Å². The van der Waals surface area contributed by atoms with E-state index in [-0.39, 0.29) is 5.15 Å². The molecule has 142 valence electrons. The topological polar surface area (TPSA) is 109 Å². The normalized spacial score (nSPS) is 12.4. The van der Waals surface area contributed by atoms with Crippen molar-refractivity contribution in [2.75, 3.05) is 10.6 Å². The molecule has 3 amide bonds. The fourth-order valence-corrected chi connectivity index (χ4v) is 2.15. The van der Waals surface area contributed by atoms with E-state index in [0.29, 0.717) is 11.4 Å². The molecule has 0 saturated heterocycles. The van der Waals surface area contributed by atoms with E-state index in [1.807, 2.05) is 6.07 Å². The van der Waals surface area contributed by atoms with Crippen molar-refractivity contribution in [3.63, 3.8) is 0 Å². The summed E-state index contributed by atoms with van der Waals surface area (Å²) in [5.41, 5.74) is 0.886. The number of nitrogens with one attached hydrogen (secondary N) is 3. The highest BCUT2D eigenvalue weighted by molar-refractivity contribution is 6.32. The Bertz CT molecular complexity index is 816. The van der Waals surface area contributed by atoms with Gasteiger partial charge in [-0.3, -0.25) is 4.79 Å². The molecule has 1 heterocycles. The number of carbonyl (C=O) groups is 3. The summed E-state index contributed by atoms with van der Waals surface area (Å²) in [5.74, 6) is -1.32. The number of anilines is 2. The van der Waals surface area contributed by atoms with Crippen molar-refractivity contribution in [2.24, 2.45) is 0 Å². The van der Waals surface area contributed by atoms with E-state index in [1.54, 1.807) is 36.4 Å². The van der Waals surface area contributed by atoms with Crippen molar-refractivity contribution in [3.8, 4) is 0 Å². The number of amides is 3. The second-order valence-electron chi connectivity index (χ2n) is 5.60. The van der Waals surface area contributed by atoms with E-state index in [0.717, 1.165) is 0 Å². The summed E-state index contributed by atoms with van der Waals surface area (Å²) in [4.78, 5) is 39.9. The Morgan fingerprint density at radius 2 is 1.74 bits per heavy atom. The van der Waals surface area contributed by atoms with Crippen LogP contribution in [-0.4, -0.2) is 35.0 Å². The number of benzene rings is 1. The van der Waals surface area contributed by atoms with Gasteiger partial charge >= 0.3 is 12.0 Å². The number of esters is 1. The molecular formula is C18H19ClN4O4. The lowest BCUT2D eigenvalue weighted by Crippen LogP contribution is -2.44. The van der Waals surface area contributed by atoms with Crippen LogP contribution in [-0.2, 0) is 14.3 Å². The molecule has 27 heavy (non-hydrogen) atoms. The summed E-state index contributed by atoms with van der Waals surface area (Å²) in [5, 5.41) is 7.67. The second-order valence-corrected chi connectivity index (χ2v) is 5.95. The maximum atomic E-state index is 12.1. The van der Waals surface area contributed by atoms with Gasteiger partial charge < -0.3 is 20.7 Å². The highest BCUT2D eigenvalue weighted by atomic mass is 35.5. The highest BCUT2D eigenvalue weighted by Gasteiger charge is 2.23. The Labute approximate surface area is 161 Å². The monoisotopic (exact) mass is 390 g/mol. The van der Waals surface area contributed by atoms with Crippen LogP contribution in [0.4, 0.5) is 16.2 Å². The van der Waals surface area contributed by atoms with Crippen LogP contribution in [0.2, 0.25) is 5.15 Å². The number of hydrogen-bond donors (Lipinski definition) is 3. The lowest BCUT2D eigenvalue weighted by atomic mass is 10.3. The molecule has 0 radical (unpaired) electrons. The van der Waals surface area contributed by atoms with Crippen LogP contribution in [0.25, 0.3) is 0 Å². The van der Waals surface area contributed by atoms with Gasteiger partial charge in [-0.2, -0.15) is 0 Å². The van der Waals surface area contributed by atoms with Crippen LogP contribution in [0.15, 0.2) is 48.7 Å². The molecule has 1 aromatic carbocycles. The predicted octanol–water partition coefficient (Wildman–Crippen LogP) is 2.82. The van der Waals surface area contributed by atoms with Crippen LogP contribution in [0, 0.1) is 0 Å². The highest BCUT2D eigenvalue weighted by Crippen LogP contribution is 2.17. The molecule has 0 unspecified atom stereocenters. The average molecular weight is 391 g/mol. The molecule has 0 spiro atoms. The zero-order valence-electron chi connectivity index (χ0n) is 14.7. The van der Waals surface area contributed by atoms with E-state index < -0.39 is 30.1 Å². The van der Waals surface area contributed by atoms with Gasteiger partial charge in [0.25, 0.3) is 5.91 Å². The molecule has 0 fully saturated rings. The SMILES string of the molecule is C[C@H](NC(=O)Nc1ccccc1)C(=O)O[C@@H](C)C(=O)Nc1cccnc1Cl. The number of halogens is 1. The molecule has 8 nitrogen and oxygen atoms in total. The van der Waals surface area contributed by atoms with Gasteiger partial charge in [0.1, 0.15) is 6.04 Å². The minimum absolute atomic E-state index is 0.122. The maximum Gasteiger partial charge on any atom is 0.329 e. The smallest absolute Gasteiger partial charge is 0.329 e. The summed E-state index contributed by atoms with van der Waals surface area (Å²) in [6.07, 6.45) is 0.394. The summed E-state index contributed by atoms with van der Waals surface area (Å²) < 4.78 is 5.08. The molecule has 9 heteroatoms. The Balaban J connectivity index is 1.83. The maximum absolute atomic E-state index is 12.1. The predicted molar refractivity (Wildman–Crippen MR) is 101 cm³/mol. The molecule has 0 bridgehead atoms. The number of para-hydroxylation sites is 1. The Morgan fingerprint density at radius 1 is 1.04 bits per heavy atom. The van der Waals surface area contributed by atoms with Gasteiger partial charge in [0.2, 0.25) is 0 Å². The van der Waals surface area contributed by atoms with Crippen LogP contribution in [0.5, 0.6) is 0 Å². The van der Waals surface area contributed by atoms with Gasteiger partial charge in [-0.05, 0) is 38.1 Å². The fourth-order valence-electron chi connectivity index (χ4n) is 1.99. The van der Waals surface area contributed by atoms with E-state index >= 15 is 0 Å². The summed E-state index contributed by atoms with van der Waals surface area (Å²) in [7, 11) is 0. The summed E-state index contributed by atoms with van der Waals surface area (Å²) in [6, 6.07) is 10.4. The lowest BCUT2D eigenvalue weighted by molar-refractivity contribution is -0.154. The number of aromatic nitrogens is 1. The first kappa shape index (κ1) is 20.2. The molecule has 0 aliphatic heterocycles. The number of pyridine rings is 1. The minimum atomic E-state index is -1.09. The van der Waals surface area contributed by atoms with E-state index in [2.05, 4.69) is 20.9 Å². The quantitative estimate of drug-likeness (QED) is 0.519. The summed E-state index contributed by atoms with van der Waals surface area (Å²) >= 11 is 5.86. The fraction of sp³-hybridized carbons (Fsp3) is 0.222. The third kappa shape index (κ3) is 6.27. The van der Waals surface area contributed by atoms with Crippen molar-refractivity contribution >= 4 is 40.9 Å². The first-order valence-electron chi connectivity index (χ1n) is 8.11. The number of carbonyl (C=O) groups excluding carboxylic acids is 3. The number of nitrogens with zero attached hydrogens (tertiary/aromatic N) is 1. The van der Waals surface area contributed by atoms with Gasteiger partial charge in [0.15, 0.2) is 11.3 Å². The van der Waals surface area contributed by atoms with Crippen LogP contribution in [0.1, 0.15) is 13.8 Å². The van der Waals surface area contributed by atoms with E-state index in [1.165, 1.54) is 20.0 Å². The van der Waals surface area contributed by atoms with Gasteiger partial charge in [-0.1, -0.05) is 29.8 Å². The second kappa shape index (κ2) is 9.54. The molecular weight excluding hydrogens is 372 g/mol. The molecule has 0 aliphatic rings. The largest absolute Gasteiger partial charge is 0.451 e. The Hall–Kier alpha value is -3.13. The van der Waals surface area contributed by atoms with Crippen molar-refractivity contribution in [1.29, 1.82) is 0 Å². The van der Waals surface area contributed by atoms with Crippen LogP contribution >= 0.6 is 11.6 Å². The van der Waals surface area contributed by atoms with E-state index in [9.17, 15) is 14.4 Å². The van der Waals surface area contributed by atoms with Crippen LogP contribution < -0.4 is 16.0 Å². The van der Waals surface area contributed by atoms with Crippen molar-refractivity contribution in [3.05, 3.63) is 53.8 Å². The third-order valence-corrected chi connectivity index (χ3v) is 3.71. The Morgan fingerprint density at radius 3 is 2.41 bits per heavy atom. The zero-order valence-corrected chi connectivity index (χ0v) is 15.5. The zero-order chi connectivity index (χ0) is 19.8. The number of urea groups is 1. The molecule has 2 rings (SSSR count). The molecule has 0 saturated carbocycles. The molecule has 2 atom stereocenters. The Kier molecular flexibility index (Phi) is 7.13. The molecule has 3 N–H and O–H groups in total. The molecule has 0 aliphatic carbocycles. The standard InChI is InChI=1S/C18H19ClN4O4/c1-11(21-18(26)22-13-7-4-3-5-8-13)17(25)27-12(2)16(24)23-14-9-6-10-20-15(14)19/h3-12H,1-2H3,(H,23,24)(H2,21,22,26)/t11-,12-/m0/s1. The van der Waals surface area contributed by atoms with Gasteiger partial charge in [-0.25, -0.2) is 14.6 Å². The average Bonchev–Trinajstić information content (AvgIpc) is 2.64. The number of ether oxygens (including phenoxy) is 1. The van der Waals surface area contributed by atoms with Crippen molar-refractivity contribution in [2.45, 2.75) is 26.0 Å². The van der Waals surface area contributed by atoms with Gasteiger partial charge in [0, 0.05) is 11.9 Å². The van der Waals surface area contributed by atoms with Crippen molar-refractivity contribution in [1.82, 2.24) is 10.3 Å². The molecule has 1 aromatic heterocycles. The lowest BCUT2D eigenvalue weighted by Gasteiger charge is -2.18. The first-order valence-corrected chi connectivity index (χ1v) is 8.49. The van der Waals surface area contributed by atoms with Crippen molar-refractivity contribution < 1.29 is 19.1 Å². The van der Waals surface area contributed by atoms with Gasteiger partial charge in [-0.15, -0.1) is 0 Å². The van der Waals surface area contributed by atoms with Crippen LogP contribution in [0.3, 0.4) is 0 Å². The number of rotatable bonds is 6. The number of hydrogen-bond acceptors (Lipinski definition) is 5. The first-order chi connectivity index (χ1) is 12.9. The third-order valence-electron chi connectivity index (χ3n) is 3.41. The molecule has 2 aromatic rings. The minimum Gasteiger partial charge on any atom is -0.451 e. The summed E-state index contributed by atoms with van der Waals surface area (Å²) in [6.45, 7) is 2.86. The van der Waals surface area contributed by atoms with E-state index in [4.69, 9.17) is 16.3 Å².